The predicted molar refractivity (Wildman–Crippen MR) is 160 cm³/mol. The van der Waals surface area contributed by atoms with Crippen molar-refractivity contribution in [3.63, 3.8) is 0 Å². The van der Waals surface area contributed by atoms with Crippen molar-refractivity contribution in [2.24, 2.45) is 5.73 Å². The van der Waals surface area contributed by atoms with Crippen LogP contribution >= 0.6 is 0 Å². The SMILES string of the molecule is COc1cc2c(Oc3ccc(-c4noc(-c5ccccc5)n4)cc3)ccnc2cc1OCC[C@@H](N)C(=O)OC1CCCC1. The highest BCUT2D eigenvalue weighted by molar-refractivity contribution is 5.88. The Balaban J connectivity index is 1.12. The van der Waals surface area contributed by atoms with Crippen LogP contribution in [-0.4, -0.2) is 47.0 Å². The second kappa shape index (κ2) is 12.9. The lowest BCUT2D eigenvalue weighted by atomic mass is 10.1. The van der Waals surface area contributed by atoms with E-state index in [-0.39, 0.29) is 18.7 Å². The van der Waals surface area contributed by atoms with Gasteiger partial charge in [-0.3, -0.25) is 9.78 Å². The van der Waals surface area contributed by atoms with Crippen LogP contribution in [0.15, 0.2) is 83.5 Å². The maximum atomic E-state index is 12.3. The molecule has 1 aliphatic rings. The van der Waals surface area contributed by atoms with Gasteiger partial charge in [0.05, 0.1) is 19.2 Å². The molecule has 0 radical (unpaired) electrons. The summed E-state index contributed by atoms with van der Waals surface area (Å²) >= 11 is 0. The van der Waals surface area contributed by atoms with Crippen LogP contribution in [0.1, 0.15) is 32.1 Å². The fourth-order valence-corrected chi connectivity index (χ4v) is 5.00. The molecule has 10 heteroatoms. The lowest BCUT2D eigenvalue weighted by molar-refractivity contribution is -0.150. The molecule has 220 valence electrons. The summed E-state index contributed by atoms with van der Waals surface area (Å²) in [4.78, 5) is 21.3. The van der Waals surface area contributed by atoms with Gasteiger partial charge in [-0.1, -0.05) is 23.4 Å². The lowest BCUT2D eigenvalue weighted by Gasteiger charge is -2.17. The Hall–Kier alpha value is -4.96. The molecule has 0 amide bonds. The monoisotopic (exact) mass is 580 g/mol. The van der Waals surface area contributed by atoms with Gasteiger partial charge in [0.1, 0.15) is 23.6 Å². The molecule has 0 spiro atoms. The Morgan fingerprint density at radius 2 is 1.77 bits per heavy atom. The average Bonchev–Trinajstić information content (AvgIpc) is 3.75. The number of fused-ring (bicyclic) bond motifs is 1. The van der Waals surface area contributed by atoms with Crippen molar-refractivity contribution in [2.45, 2.75) is 44.2 Å². The van der Waals surface area contributed by atoms with Gasteiger partial charge in [0.2, 0.25) is 5.82 Å². The van der Waals surface area contributed by atoms with Gasteiger partial charge < -0.3 is 29.2 Å². The first-order valence-electron chi connectivity index (χ1n) is 14.3. The van der Waals surface area contributed by atoms with Crippen LogP contribution in [0.5, 0.6) is 23.0 Å². The Labute approximate surface area is 248 Å². The zero-order valence-corrected chi connectivity index (χ0v) is 23.8. The van der Waals surface area contributed by atoms with Crippen molar-refractivity contribution in [1.82, 2.24) is 15.1 Å². The molecule has 1 atom stereocenters. The van der Waals surface area contributed by atoms with E-state index >= 15 is 0 Å². The molecule has 10 nitrogen and oxygen atoms in total. The van der Waals surface area contributed by atoms with Gasteiger partial charge in [-0.25, -0.2) is 0 Å². The van der Waals surface area contributed by atoms with E-state index in [1.165, 1.54) is 0 Å². The first-order valence-corrected chi connectivity index (χ1v) is 14.3. The highest BCUT2D eigenvalue weighted by Gasteiger charge is 2.23. The zero-order chi connectivity index (χ0) is 29.6. The lowest BCUT2D eigenvalue weighted by Crippen LogP contribution is -2.35. The van der Waals surface area contributed by atoms with Crippen molar-refractivity contribution in [3.8, 4) is 45.8 Å². The Morgan fingerprint density at radius 3 is 2.53 bits per heavy atom. The molecule has 2 aromatic heterocycles. The second-order valence-corrected chi connectivity index (χ2v) is 10.3. The van der Waals surface area contributed by atoms with E-state index in [0.717, 1.165) is 42.2 Å². The number of carbonyl (C=O) groups excluding carboxylic acids is 1. The maximum Gasteiger partial charge on any atom is 0.323 e. The van der Waals surface area contributed by atoms with E-state index in [9.17, 15) is 4.79 Å². The minimum Gasteiger partial charge on any atom is -0.493 e. The first-order chi connectivity index (χ1) is 21.1. The van der Waals surface area contributed by atoms with E-state index in [0.29, 0.717) is 46.7 Å². The molecule has 2 heterocycles. The van der Waals surface area contributed by atoms with E-state index < -0.39 is 6.04 Å². The highest BCUT2D eigenvalue weighted by atomic mass is 16.5. The number of carbonyl (C=O) groups is 1. The Bertz CT molecular complexity index is 1680. The molecule has 6 rings (SSSR count). The number of nitrogens with two attached hydrogens (primary N) is 1. The minimum atomic E-state index is -0.748. The highest BCUT2D eigenvalue weighted by Crippen LogP contribution is 2.37. The van der Waals surface area contributed by atoms with Crippen molar-refractivity contribution in [2.75, 3.05) is 13.7 Å². The summed E-state index contributed by atoms with van der Waals surface area (Å²) in [6, 6.07) is 21.7. The van der Waals surface area contributed by atoms with Crippen LogP contribution in [0.2, 0.25) is 0 Å². The van der Waals surface area contributed by atoms with Crippen molar-refractivity contribution in [3.05, 3.63) is 79.0 Å². The summed E-state index contributed by atoms with van der Waals surface area (Å²) in [6.45, 7) is 0.221. The minimum absolute atomic E-state index is 0.0147. The summed E-state index contributed by atoms with van der Waals surface area (Å²) in [7, 11) is 1.56. The number of hydrogen-bond acceptors (Lipinski definition) is 10. The van der Waals surface area contributed by atoms with Crippen LogP contribution in [0.3, 0.4) is 0 Å². The van der Waals surface area contributed by atoms with Gasteiger partial charge in [-0.2, -0.15) is 4.98 Å². The Morgan fingerprint density at radius 1 is 0.977 bits per heavy atom. The quantitative estimate of drug-likeness (QED) is 0.177. The number of hydrogen-bond donors (Lipinski definition) is 1. The van der Waals surface area contributed by atoms with Crippen molar-refractivity contribution >= 4 is 16.9 Å². The summed E-state index contributed by atoms with van der Waals surface area (Å²) in [5, 5.41) is 4.86. The van der Waals surface area contributed by atoms with Gasteiger partial charge in [-0.05, 0) is 74.2 Å². The predicted octanol–water partition coefficient (Wildman–Crippen LogP) is 6.33. The molecule has 1 saturated carbocycles. The fraction of sp³-hybridized carbons (Fsp3) is 0.273. The van der Waals surface area contributed by atoms with Crippen LogP contribution in [0, 0.1) is 0 Å². The van der Waals surface area contributed by atoms with Crippen LogP contribution in [0.4, 0.5) is 0 Å². The third-order valence-electron chi connectivity index (χ3n) is 7.35. The molecule has 2 N–H and O–H groups in total. The van der Waals surface area contributed by atoms with Gasteiger partial charge in [0, 0.05) is 35.2 Å². The number of ether oxygens (including phenoxy) is 4. The van der Waals surface area contributed by atoms with E-state index in [2.05, 4.69) is 15.1 Å². The number of methoxy groups -OCH3 is 1. The van der Waals surface area contributed by atoms with Gasteiger partial charge >= 0.3 is 5.97 Å². The number of nitrogens with zero attached hydrogens (tertiary/aromatic N) is 3. The molecule has 0 unspecified atom stereocenters. The number of rotatable bonds is 11. The molecule has 0 saturated heterocycles. The molecule has 1 fully saturated rings. The standard InChI is InChI=1S/C33H32N4O6/c1-39-29-19-25-27(20-30(29)40-18-16-26(34)33(38)42-23-9-5-6-10-23)35-17-15-28(25)41-24-13-11-21(12-14-24)31-36-32(43-37-31)22-7-3-2-4-8-22/h2-4,7-8,11-15,17,19-20,23,26H,5-6,9-10,16,18,34H2,1H3/t26-/m1/s1. The normalized spacial score (nSPS) is 14.0. The molecular formula is C33H32N4O6. The summed E-state index contributed by atoms with van der Waals surface area (Å²) in [5.74, 6) is 2.80. The molecule has 0 bridgehead atoms. The van der Waals surface area contributed by atoms with Gasteiger partial charge in [0.15, 0.2) is 11.5 Å². The third-order valence-corrected chi connectivity index (χ3v) is 7.35. The summed E-state index contributed by atoms with van der Waals surface area (Å²) < 4.78 is 28.7. The topological polar surface area (TPSA) is 132 Å². The fourth-order valence-electron chi connectivity index (χ4n) is 5.00. The molecule has 1 aliphatic carbocycles. The molecule has 3 aromatic carbocycles. The smallest absolute Gasteiger partial charge is 0.323 e. The van der Waals surface area contributed by atoms with Crippen LogP contribution in [0.25, 0.3) is 33.7 Å². The number of pyridine rings is 1. The van der Waals surface area contributed by atoms with Gasteiger partial charge in [0.25, 0.3) is 5.89 Å². The number of esters is 1. The number of aromatic nitrogens is 3. The van der Waals surface area contributed by atoms with Gasteiger partial charge in [-0.15, -0.1) is 0 Å². The van der Waals surface area contributed by atoms with E-state index in [1.54, 1.807) is 25.4 Å². The van der Waals surface area contributed by atoms with E-state index in [4.69, 9.17) is 29.2 Å². The number of benzene rings is 3. The molecule has 5 aromatic rings. The summed E-state index contributed by atoms with van der Waals surface area (Å²) in [5.41, 5.74) is 8.37. The maximum absolute atomic E-state index is 12.3. The zero-order valence-electron chi connectivity index (χ0n) is 23.8. The van der Waals surface area contributed by atoms with E-state index in [1.807, 2.05) is 60.7 Å². The second-order valence-electron chi connectivity index (χ2n) is 10.3. The summed E-state index contributed by atoms with van der Waals surface area (Å²) in [6.07, 6.45) is 5.95. The van der Waals surface area contributed by atoms with Crippen LogP contribution in [-0.2, 0) is 9.53 Å². The Kier molecular flexibility index (Phi) is 8.46. The van der Waals surface area contributed by atoms with Crippen molar-refractivity contribution < 1.29 is 28.3 Å². The molecule has 0 aliphatic heterocycles. The molecular weight excluding hydrogens is 548 g/mol. The molecule has 43 heavy (non-hydrogen) atoms. The first kappa shape index (κ1) is 28.2. The third kappa shape index (κ3) is 6.60. The largest absolute Gasteiger partial charge is 0.493 e. The van der Waals surface area contributed by atoms with Crippen LogP contribution < -0.4 is 19.9 Å². The average molecular weight is 581 g/mol. The van der Waals surface area contributed by atoms with Crippen molar-refractivity contribution in [1.29, 1.82) is 0 Å².